The van der Waals surface area contributed by atoms with Crippen LogP contribution in [0.5, 0.6) is 5.75 Å². The quantitative estimate of drug-likeness (QED) is 0.814. The molecule has 1 rings (SSSR count). The van der Waals surface area contributed by atoms with E-state index in [2.05, 4.69) is 23.9 Å². The van der Waals surface area contributed by atoms with E-state index in [1.807, 2.05) is 7.05 Å². The van der Waals surface area contributed by atoms with Crippen LogP contribution in [0.15, 0.2) is 24.3 Å². The molecule has 0 heterocycles. The van der Waals surface area contributed by atoms with Crippen LogP contribution in [0.1, 0.15) is 32.3 Å². The molecule has 0 aliphatic rings. The molecule has 5 heteroatoms. The Morgan fingerprint density at radius 2 is 1.60 bits per heavy atom. The van der Waals surface area contributed by atoms with E-state index in [4.69, 9.17) is 0 Å². The Bertz CT molecular complexity index is 397. The molecule has 0 saturated carbocycles. The second kappa shape index (κ2) is 6.97. The minimum absolute atomic E-state index is 0.140. The SMILES string of the molecule is CCC(CC)(CNC)Cc1ccc(OC(F)(F)F)cc1. The summed E-state index contributed by atoms with van der Waals surface area (Å²) in [5.41, 5.74) is 1.17. The van der Waals surface area contributed by atoms with Gasteiger partial charge in [-0.1, -0.05) is 26.0 Å². The Morgan fingerprint density at radius 1 is 1.05 bits per heavy atom. The van der Waals surface area contributed by atoms with Crippen LogP contribution >= 0.6 is 0 Å². The predicted molar refractivity (Wildman–Crippen MR) is 73.8 cm³/mol. The molecule has 114 valence electrons. The Hall–Kier alpha value is -1.23. The van der Waals surface area contributed by atoms with E-state index in [-0.39, 0.29) is 11.2 Å². The van der Waals surface area contributed by atoms with Gasteiger partial charge in [-0.3, -0.25) is 0 Å². The van der Waals surface area contributed by atoms with Crippen molar-refractivity contribution in [3.63, 3.8) is 0 Å². The molecular weight excluding hydrogens is 267 g/mol. The fourth-order valence-electron chi connectivity index (χ4n) is 2.43. The summed E-state index contributed by atoms with van der Waals surface area (Å²) in [6.45, 7) is 5.17. The molecule has 1 N–H and O–H groups in total. The number of halogens is 3. The summed E-state index contributed by atoms with van der Waals surface area (Å²) < 4.78 is 40.2. The number of hydrogen-bond acceptors (Lipinski definition) is 2. The zero-order valence-electron chi connectivity index (χ0n) is 12.2. The topological polar surface area (TPSA) is 21.3 Å². The summed E-state index contributed by atoms with van der Waals surface area (Å²) >= 11 is 0. The molecule has 20 heavy (non-hydrogen) atoms. The van der Waals surface area contributed by atoms with Gasteiger partial charge >= 0.3 is 6.36 Å². The Kier molecular flexibility index (Phi) is 5.87. The average molecular weight is 289 g/mol. The van der Waals surface area contributed by atoms with Crippen LogP contribution in [0, 0.1) is 5.41 Å². The molecule has 0 fully saturated rings. The van der Waals surface area contributed by atoms with Crippen molar-refractivity contribution in [2.45, 2.75) is 39.5 Å². The number of benzene rings is 1. The summed E-state index contributed by atoms with van der Waals surface area (Å²) in [4.78, 5) is 0. The molecule has 0 bridgehead atoms. The molecule has 0 radical (unpaired) electrons. The lowest BCUT2D eigenvalue weighted by Gasteiger charge is -2.31. The highest BCUT2D eigenvalue weighted by Crippen LogP contribution is 2.31. The lowest BCUT2D eigenvalue weighted by Crippen LogP contribution is -2.33. The lowest BCUT2D eigenvalue weighted by molar-refractivity contribution is -0.274. The highest BCUT2D eigenvalue weighted by Gasteiger charge is 2.31. The maximum Gasteiger partial charge on any atom is 0.573 e. The molecule has 0 amide bonds. The van der Waals surface area contributed by atoms with Crippen molar-refractivity contribution in [1.82, 2.24) is 5.32 Å². The average Bonchev–Trinajstić information content (AvgIpc) is 2.39. The van der Waals surface area contributed by atoms with E-state index in [0.29, 0.717) is 0 Å². The number of nitrogens with one attached hydrogen (secondary N) is 1. The number of hydrogen-bond donors (Lipinski definition) is 1. The molecule has 0 aliphatic carbocycles. The number of alkyl halides is 3. The van der Waals surface area contributed by atoms with E-state index in [9.17, 15) is 13.2 Å². The molecule has 1 aromatic carbocycles. The van der Waals surface area contributed by atoms with Crippen molar-refractivity contribution in [3.05, 3.63) is 29.8 Å². The van der Waals surface area contributed by atoms with Gasteiger partial charge in [-0.05, 0) is 49.4 Å². The van der Waals surface area contributed by atoms with E-state index < -0.39 is 6.36 Å². The molecule has 0 aliphatic heterocycles. The van der Waals surface area contributed by atoms with E-state index in [0.717, 1.165) is 31.4 Å². The number of rotatable bonds is 7. The van der Waals surface area contributed by atoms with Gasteiger partial charge in [0.25, 0.3) is 0 Å². The van der Waals surface area contributed by atoms with Gasteiger partial charge in [0.05, 0.1) is 0 Å². The summed E-state index contributed by atoms with van der Waals surface area (Å²) in [6.07, 6.45) is -1.76. The monoisotopic (exact) mass is 289 g/mol. The van der Waals surface area contributed by atoms with Gasteiger partial charge in [-0.2, -0.15) is 0 Å². The minimum atomic E-state index is -4.63. The summed E-state index contributed by atoms with van der Waals surface area (Å²) in [6, 6.07) is 6.16. The summed E-state index contributed by atoms with van der Waals surface area (Å²) in [5.74, 6) is -0.173. The van der Waals surface area contributed by atoms with Crippen LogP contribution in [0.4, 0.5) is 13.2 Å². The Balaban J connectivity index is 2.77. The van der Waals surface area contributed by atoms with Crippen LogP contribution < -0.4 is 10.1 Å². The van der Waals surface area contributed by atoms with E-state index in [1.54, 1.807) is 12.1 Å². The Morgan fingerprint density at radius 3 is 2.00 bits per heavy atom. The van der Waals surface area contributed by atoms with Crippen molar-refractivity contribution < 1.29 is 17.9 Å². The third-order valence-electron chi connectivity index (χ3n) is 3.79. The fraction of sp³-hybridized carbons (Fsp3) is 0.600. The van der Waals surface area contributed by atoms with Crippen LogP contribution in [-0.4, -0.2) is 20.0 Å². The Labute approximate surface area is 118 Å². The highest BCUT2D eigenvalue weighted by atomic mass is 19.4. The smallest absolute Gasteiger partial charge is 0.406 e. The van der Waals surface area contributed by atoms with E-state index in [1.165, 1.54) is 12.1 Å². The minimum Gasteiger partial charge on any atom is -0.406 e. The molecule has 0 atom stereocenters. The van der Waals surface area contributed by atoms with Crippen LogP contribution in [0.3, 0.4) is 0 Å². The zero-order valence-corrected chi connectivity index (χ0v) is 12.2. The van der Waals surface area contributed by atoms with Gasteiger partial charge in [0.2, 0.25) is 0 Å². The van der Waals surface area contributed by atoms with Gasteiger partial charge in [0.15, 0.2) is 0 Å². The second-order valence-corrected chi connectivity index (χ2v) is 5.11. The third-order valence-corrected chi connectivity index (χ3v) is 3.79. The lowest BCUT2D eigenvalue weighted by atomic mass is 9.77. The standard InChI is InChI=1S/C15H22F3NO/c1-4-14(5-2,11-19-3)10-12-6-8-13(9-7-12)20-15(16,17)18/h6-9,19H,4-5,10-11H2,1-3H3. The summed E-state index contributed by atoms with van der Waals surface area (Å²) in [5, 5.41) is 3.20. The second-order valence-electron chi connectivity index (χ2n) is 5.11. The third kappa shape index (κ3) is 5.04. The van der Waals surface area contributed by atoms with Gasteiger partial charge in [-0.25, -0.2) is 0 Å². The van der Waals surface area contributed by atoms with Gasteiger partial charge in [0.1, 0.15) is 5.75 Å². The largest absolute Gasteiger partial charge is 0.573 e. The maximum atomic E-state index is 12.1. The van der Waals surface area contributed by atoms with Gasteiger partial charge in [-0.15, -0.1) is 13.2 Å². The maximum absolute atomic E-state index is 12.1. The van der Waals surface area contributed by atoms with Crippen LogP contribution in [-0.2, 0) is 6.42 Å². The summed E-state index contributed by atoms with van der Waals surface area (Å²) in [7, 11) is 1.92. The molecule has 0 spiro atoms. The van der Waals surface area contributed by atoms with Gasteiger partial charge < -0.3 is 10.1 Å². The first-order chi connectivity index (χ1) is 9.34. The molecular formula is C15H22F3NO. The number of ether oxygens (including phenoxy) is 1. The van der Waals surface area contributed by atoms with Crippen molar-refractivity contribution >= 4 is 0 Å². The first-order valence-electron chi connectivity index (χ1n) is 6.83. The normalized spacial score (nSPS) is 12.5. The molecule has 1 aromatic rings. The van der Waals surface area contributed by atoms with E-state index >= 15 is 0 Å². The van der Waals surface area contributed by atoms with Crippen molar-refractivity contribution in [2.75, 3.05) is 13.6 Å². The fourth-order valence-corrected chi connectivity index (χ4v) is 2.43. The van der Waals surface area contributed by atoms with Crippen molar-refractivity contribution in [3.8, 4) is 5.75 Å². The van der Waals surface area contributed by atoms with Crippen molar-refractivity contribution in [2.24, 2.45) is 5.41 Å². The van der Waals surface area contributed by atoms with Gasteiger partial charge in [0, 0.05) is 6.54 Å². The molecule has 0 saturated heterocycles. The highest BCUT2D eigenvalue weighted by molar-refractivity contribution is 5.28. The van der Waals surface area contributed by atoms with Crippen LogP contribution in [0.2, 0.25) is 0 Å². The zero-order chi connectivity index (χ0) is 15.2. The van der Waals surface area contributed by atoms with Crippen LogP contribution in [0.25, 0.3) is 0 Å². The van der Waals surface area contributed by atoms with Crippen molar-refractivity contribution in [1.29, 1.82) is 0 Å². The molecule has 0 aromatic heterocycles. The first kappa shape index (κ1) is 16.8. The molecule has 2 nitrogen and oxygen atoms in total. The molecule has 0 unspecified atom stereocenters. The first-order valence-corrected chi connectivity index (χ1v) is 6.83. The predicted octanol–water partition coefficient (Wildman–Crippen LogP) is 4.15.